The molecule has 0 bridgehead atoms. The molecule has 1 heteroatoms. The number of rotatable bonds is 1. The van der Waals surface area contributed by atoms with Gasteiger partial charge in [-0.3, -0.25) is 4.98 Å². The van der Waals surface area contributed by atoms with Crippen LogP contribution >= 0.6 is 0 Å². The van der Waals surface area contributed by atoms with Gasteiger partial charge in [0, 0.05) is 11.6 Å². The molecule has 0 atom stereocenters. The highest BCUT2D eigenvalue weighted by Gasteiger charge is 2.03. The largest absolute Gasteiger partial charge is 0.256 e. The molecule has 0 aliphatic heterocycles. The zero-order valence-corrected chi connectivity index (χ0v) is 7.99. The first-order chi connectivity index (χ1) is 6.29. The number of hydrogen-bond acceptors (Lipinski definition) is 1. The van der Waals surface area contributed by atoms with Crippen LogP contribution in [0, 0.1) is 0 Å². The van der Waals surface area contributed by atoms with Gasteiger partial charge in [0.05, 0.1) is 5.52 Å². The summed E-state index contributed by atoms with van der Waals surface area (Å²) in [5, 5.41) is 1.28. The third-order valence-electron chi connectivity index (χ3n) is 2.30. The Balaban J connectivity index is 2.76. The summed E-state index contributed by atoms with van der Waals surface area (Å²) in [6.07, 6.45) is 1.89. The molecule has 0 aliphatic rings. The lowest BCUT2D eigenvalue weighted by Crippen LogP contribution is -1.90. The van der Waals surface area contributed by atoms with E-state index >= 15 is 0 Å². The molecule has 0 saturated heterocycles. The minimum absolute atomic E-state index is 0.563. The second kappa shape index (κ2) is 3.17. The number of benzene rings is 1. The molecule has 0 fully saturated rings. The zero-order valence-electron chi connectivity index (χ0n) is 7.99. The molecule has 0 radical (unpaired) electrons. The van der Waals surface area contributed by atoms with Crippen LogP contribution in [0.5, 0.6) is 0 Å². The smallest absolute Gasteiger partial charge is 0.0704 e. The molecule has 66 valence electrons. The molecular weight excluding hydrogens is 158 g/mol. The summed E-state index contributed by atoms with van der Waals surface area (Å²) in [4.78, 5) is 4.32. The van der Waals surface area contributed by atoms with Crippen molar-refractivity contribution in [1.82, 2.24) is 4.98 Å². The van der Waals surface area contributed by atoms with Crippen molar-refractivity contribution >= 4 is 10.9 Å². The highest BCUT2D eigenvalue weighted by atomic mass is 14.6. The topological polar surface area (TPSA) is 12.9 Å². The standard InChI is InChI=1S/C12H13N/c1-9(2)10-7-8-13-12-6-4-3-5-11(10)12/h3-9H,1-2H3. The quantitative estimate of drug-likeness (QED) is 0.641. The van der Waals surface area contributed by atoms with Gasteiger partial charge in [-0.1, -0.05) is 32.0 Å². The number of aromatic nitrogens is 1. The van der Waals surface area contributed by atoms with E-state index in [0.29, 0.717) is 5.92 Å². The van der Waals surface area contributed by atoms with Crippen LogP contribution in [0.25, 0.3) is 10.9 Å². The second-order valence-electron chi connectivity index (χ2n) is 3.57. The average molecular weight is 171 g/mol. The van der Waals surface area contributed by atoms with E-state index in [9.17, 15) is 0 Å². The normalized spacial score (nSPS) is 11.0. The third kappa shape index (κ3) is 1.42. The maximum atomic E-state index is 4.32. The molecule has 2 rings (SSSR count). The van der Waals surface area contributed by atoms with Crippen molar-refractivity contribution < 1.29 is 0 Å². The van der Waals surface area contributed by atoms with Crippen LogP contribution in [0.1, 0.15) is 25.3 Å². The van der Waals surface area contributed by atoms with E-state index < -0.39 is 0 Å². The summed E-state index contributed by atoms with van der Waals surface area (Å²) < 4.78 is 0. The number of pyridine rings is 1. The third-order valence-corrected chi connectivity index (χ3v) is 2.30. The van der Waals surface area contributed by atoms with Crippen LogP contribution in [-0.4, -0.2) is 4.98 Å². The summed E-state index contributed by atoms with van der Waals surface area (Å²) in [5.41, 5.74) is 2.47. The molecule has 1 aromatic heterocycles. The van der Waals surface area contributed by atoms with Crippen molar-refractivity contribution in [2.24, 2.45) is 0 Å². The van der Waals surface area contributed by atoms with E-state index in [4.69, 9.17) is 0 Å². The van der Waals surface area contributed by atoms with Gasteiger partial charge >= 0.3 is 0 Å². The summed E-state index contributed by atoms with van der Waals surface area (Å²) in [6.45, 7) is 4.42. The first-order valence-corrected chi connectivity index (χ1v) is 4.62. The molecule has 13 heavy (non-hydrogen) atoms. The van der Waals surface area contributed by atoms with E-state index in [2.05, 4.69) is 43.1 Å². The van der Waals surface area contributed by atoms with Gasteiger partial charge < -0.3 is 0 Å². The fourth-order valence-corrected chi connectivity index (χ4v) is 1.62. The minimum atomic E-state index is 0.563. The molecule has 2 aromatic rings. The molecule has 1 aromatic carbocycles. The van der Waals surface area contributed by atoms with Gasteiger partial charge in [-0.15, -0.1) is 0 Å². The first kappa shape index (κ1) is 8.24. The Kier molecular flexibility index (Phi) is 2.01. The lowest BCUT2D eigenvalue weighted by Gasteiger charge is -2.08. The number of fused-ring (bicyclic) bond motifs is 1. The Hall–Kier alpha value is -1.37. The molecule has 0 amide bonds. The summed E-state index contributed by atoms with van der Waals surface area (Å²) in [7, 11) is 0. The van der Waals surface area contributed by atoms with Gasteiger partial charge in [0.2, 0.25) is 0 Å². The average Bonchev–Trinajstić information content (AvgIpc) is 2.17. The first-order valence-electron chi connectivity index (χ1n) is 4.62. The van der Waals surface area contributed by atoms with Crippen LogP contribution in [0.4, 0.5) is 0 Å². The molecule has 0 saturated carbocycles. The van der Waals surface area contributed by atoms with Crippen molar-refractivity contribution in [2.45, 2.75) is 19.8 Å². The van der Waals surface area contributed by atoms with Gasteiger partial charge in [-0.05, 0) is 23.6 Å². The molecule has 1 heterocycles. The van der Waals surface area contributed by atoms with Gasteiger partial charge in [0.15, 0.2) is 0 Å². The van der Waals surface area contributed by atoms with E-state index in [0.717, 1.165) is 5.52 Å². The molecule has 0 N–H and O–H groups in total. The fraction of sp³-hybridized carbons (Fsp3) is 0.250. The van der Waals surface area contributed by atoms with E-state index in [1.54, 1.807) is 0 Å². The maximum absolute atomic E-state index is 4.32. The highest BCUT2D eigenvalue weighted by molar-refractivity contribution is 5.82. The Bertz CT molecular complexity index is 413. The lowest BCUT2D eigenvalue weighted by atomic mass is 9.99. The summed E-state index contributed by atoms with van der Waals surface area (Å²) in [5.74, 6) is 0.563. The van der Waals surface area contributed by atoms with Gasteiger partial charge in [0.25, 0.3) is 0 Å². The van der Waals surface area contributed by atoms with E-state index in [1.165, 1.54) is 10.9 Å². The number of para-hydroxylation sites is 1. The van der Waals surface area contributed by atoms with E-state index in [-0.39, 0.29) is 0 Å². The van der Waals surface area contributed by atoms with Crippen molar-refractivity contribution in [3.8, 4) is 0 Å². The Morgan fingerprint density at radius 2 is 1.85 bits per heavy atom. The molecular formula is C12H13N. The van der Waals surface area contributed by atoms with Gasteiger partial charge in [-0.2, -0.15) is 0 Å². The Morgan fingerprint density at radius 1 is 1.08 bits per heavy atom. The van der Waals surface area contributed by atoms with Gasteiger partial charge in [-0.25, -0.2) is 0 Å². The molecule has 0 aliphatic carbocycles. The second-order valence-corrected chi connectivity index (χ2v) is 3.57. The van der Waals surface area contributed by atoms with Crippen LogP contribution in [0.3, 0.4) is 0 Å². The molecule has 1 nitrogen and oxygen atoms in total. The van der Waals surface area contributed by atoms with Crippen LogP contribution in [-0.2, 0) is 0 Å². The zero-order chi connectivity index (χ0) is 9.26. The van der Waals surface area contributed by atoms with Gasteiger partial charge in [0.1, 0.15) is 0 Å². The predicted molar refractivity (Wildman–Crippen MR) is 55.8 cm³/mol. The SMILES string of the molecule is CC(C)c1ccnc2ccccc12. The van der Waals surface area contributed by atoms with Crippen molar-refractivity contribution in [3.63, 3.8) is 0 Å². The predicted octanol–water partition coefficient (Wildman–Crippen LogP) is 3.36. The summed E-state index contributed by atoms with van der Waals surface area (Å²) >= 11 is 0. The van der Waals surface area contributed by atoms with Crippen molar-refractivity contribution in [3.05, 3.63) is 42.1 Å². The number of hydrogen-bond donors (Lipinski definition) is 0. The van der Waals surface area contributed by atoms with Crippen LogP contribution in [0.15, 0.2) is 36.5 Å². The number of nitrogens with zero attached hydrogens (tertiary/aromatic N) is 1. The Labute approximate surface area is 78.4 Å². The fourth-order valence-electron chi connectivity index (χ4n) is 1.62. The molecule has 0 unspecified atom stereocenters. The maximum Gasteiger partial charge on any atom is 0.0704 e. The van der Waals surface area contributed by atoms with E-state index in [1.807, 2.05) is 12.3 Å². The Morgan fingerprint density at radius 3 is 2.62 bits per heavy atom. The monoisotopic (exact) mass is 171 g/mol. The van der Waals surface area contributed by atoms with Crippen molar-refractivity contribution in [1.29, 1.82) is 0 Å². The van der Waals surface area contributed by atoms with Crippen molar-refractivity contribution in [2.75, 3.05) is 0 Å². The lowest BCUT2D eigenvalue weighted by molar-refractivity contribution is 0.874. The highest BCUT2D eigenvalue weighted by Crippen LogP contribution is 2.22. The summed E-state index contributed by atoms with van der Waals surface area (Å²) in [6, 6.07) is 10.4. The van der Waals surface area contributed by atoms with Crippen LogP contribution < -0.4 is 0 Å². The minimum Gasteiger partial charge on any atom is -0.256 e. The van der Waals surface area contributed by atoms with Crippen LogP contribution in [0.2, 0.25) is 0 Å². The molecule has 0 spiro atoms.